The van der Waals surface area contributed by atoms with Crippen LogP contribution in [0.1, 0.15) is 36.2 Å². The first-order valence-electron chi connectivity index (χ1n) is 7.23. The molecular weight excluding hydrogens is 317 g/mol. The van der Waals surface area contributed by atoms with Crippen molar-refractivity contribution in [2.24, 2.45) is 0 Å². The molecule has 5 nitrogen and oxygen atoms in total. The van der Waals surface area contributed by atoms with Gasteiger partial charge in [-0.05, 0) is 50.2 Å². The number of aromatic nitrogens is 2. The van der Waals surface area contributed by atoms with Gasteiger partial charge in [0.25, 0.3) is 5.56 Å². The van der Waals surface area contributed by atoms with Crippen LogP contribution in [-0.4, -0.2) is 15.9 Å². The highest BCUT2D eigenvalue weighted by atomic mass is 32.1. The first-order valence-corrected chi connectivity index (χ1v) is 7.64. The van der Waals surface area contributed by atoms with Gasteiger partial charge in [0.05, 0.1) is 6.04 Å². The minimum atomic E-state index is -0.316. The van der Waals surface area contributed by atoms with Crippen LogP contribution in [0, 0.1) is 17.5 Å². The number of carbonyl (C=O) groups is 1. The predicted octanol–water partition coefficient (Wildman–Crippen LogP) is 2.69. The lowest BCUT2D eigenvalue weighted by Gasteiger charge is -2.14. The molecule has 0 aliphatic heterocycles. The topological polar surface area (TPSA) is 77.8 Å². The normalized spacial score (nSPS) is 12.0. The first kappa shape index (κ1) is 17.1. The Hall–Kier alpha value is -2.28. The lowest BCUT2D eigenvalue weighted by atomic mass is 10.1. The summed E-state index contributed by atoms with van der Waals surface area (Å²) in [5.41, 5.74) is 1.73. The number of amides is 1. The largest absolute Gasteiger partial charge is 0.350 e. The maximum absolute atomic E-state index is 12.9. The summed E-state index contributed by atoms with van der Waals surface area (Å²) in [6.45, 7) is 3.57. The molecule has 0 aliphatic carbocycles. The van der Waals surface area contributed by atoms with Crippen LogP contribution in [0.2, 0.25) is 0 Å². The van der Waals surface area contributed by atoms with Crippen LogP contribution < -0.4 is 10.9 Å². The van der Waals surface area contributed by atoms with Crippen LogP contribution >= 0.6 is 12.2 Å². The third-order valence-electron chi connectivity index (χ3n) is 3.60. The average molecular weight is 335 g/mol. The van der Waals surface area contributed by atoms with Crippen LogP contribution in [-0.2, 0) is 11.2 Å². The van der Waals surface area contributed by atoms with Crippen molar-refractivity contribution in [3.63, 3.8) is 0 Å². The van der Waals surface area contributed by atoms with Crippen molar-refractivity contribution >= 4 is 18.1 Å². The Morgan fingerprint density at radius 3 is 2.57 bits per heavy atom. The summed E-state index contributed by atoms with van der Waals surface area (Å²) in [5.74, 6) is -0.494. The van der Waals surface area contributed by atoms with E-state index in [0.717, 1.165) is 5.56 Å². The van der Waals surface area contributed by atoms with Gasteiger partial charge in [0.2, 0.25) is 5.91 Å². The van der Waals surface area contributed by atoms with Gasteiger partial charge in [0, 0.05) is 17.7 Å². The van der Waals surface area contributed by atoms with E-state index in [2.05, 4.69) is 15.3 Å². The van der Waals surface area contributed by atoms with Crippen LogP contribution in [0.25, 0.3) is 0 Å². The Bertz CT molecular complexity index is 811. The number of aromatic amines is 2. The molecule has 3 N–H and O–H groups in total. The molecule has 0 aliphatic rings. The molecule has 23 heavy (non-hydrogen) atoms. The molecule has 122 valence electrons. The molecule has 1 aromatic carbocycles. The third kappa shape index (κ3) is 4.59. The number of carbonyl (C=O) groups excluding carboxylic acids is 1. The van der Waals surface area contributed by atoms with Gasteiger partial charge in [-0.3, -0.25) is 14.6 Å². The third-order valence-corrected chi connectivity index (χ3v) is 3.81. The minimum Gasteiger partial charge on any atom is -0.350 e. The second-order valence-electron chi connectivity index (χ2n) is 5.35. The van der Waals surface area contributed by atoms with Gasteiger partial charge in [-0.2, -0.15) is 0 Å². The smallest absolute Gasteiger partial charge is 0.255 e. The summed E-state index contributed by atoms with van der Waals surface area (Å²) in [7, 11) is 0. The van der Waals surface area contributed by atoms with Crippen molar-refractivity contribution in [2.45, 2.75) is 32.7 Å². The van der Waals surface area contributed by atoms with Gasteiger partial charge in [-0.1, -0.05) is 12.1 Å². The molecule has 0 spiro atoms. The summed E-state index contributed by atoms with van der Waals surface area (Å²) >= 11 is 4.89. The highest BCUT2D eigenvalue weighted by Gasteiger charge is 2.12. The molecular formula is C16H18FN3O2S. The van der Waals surface area contributed by atoms with E-state index >= 15 is 0 Å². The molecule has 0 radical (unpaired) electrons. The number of aryl methyl sites for hydroxylation is 1. The summed E-state index contributed by atoms with van der Waals surface area (Å²) in [4.78, 5) is 29.2. The van der Waals surface area contributed by atoms with E-state index in [4.69, 9.17) is 12.2 Å². The first-order chi connectivity index (χ1) is 10.9. The maximum atomic E-state index is 12.9. The van der Waals surface area contributed by atoms with Gasteiger partial charge in [0.1, 0.15) is 5.82 Å². The van der Waals surface area contributed by atoms with Crippen LogP contribution in [0.15, 0.2) is 29.1 Å². The molecule has 0 bridgehead atoms. The summed E-state index contributed by atoms with van der Waals surface area (Å²) < 4.78 is 13.2. The predicted molar refractivity (Wildman–Crippen MR) is 88.3 cm³/mol. The van der Waals surface area contributed by atoms with Gasteiger partial charge in [-0.15, -0.1) is 0 Å². The van der Waals surface area contributed by atoms with Crippen LogP contribution in [0.3, 0.4) is 0 Å². The zero-order chi connectivity index (χ0) is 17.0. The fourth-order valence-corrected chi connectivity index (χ4v) is 2.56. The molecule has 2 aromatic rings. The molecule has 2 rings (SSSR count). The Morgan fingerprint density at radius 2 is 1.96 bits per heavy atom. The number of H-pyrrole nitrogens is 2. The fourth-order valence-electron chi connectivity index (χ4n) is 2.31. The Balaban J connectivity index is 1.96. The summed E-state index contributed by atoms with van der Waals surface area (Å²) in [6, 6.07) is 5.74. The lowest BCUT2D eigenvalue weighted by molar-refractivity contribution is -0.121. The number of halogens is 1. The molecule has 1 heterocycles. The van der Waals surface area contributed by atoms with Crippen LogP contribution in [0.4, 0.5) is 4.39 Å². The van der Waals surface area contributed by atoms with E-state index in [1.165, 1.54) is 12.1 Å². The number of rotatable bonds is 5. The van der Waals surface area contributed by atoms with Gasteiger partial charge < -0.3 is 10.3 Å². The standard InChI is InChI=1S/C16H18FN3O2S/c1-9(11-3-5-12(17)6-4-11)18-14(21)8-7-13-10(2)19-16(23)20-15(13)22/h3-6,9H,7-8H2,1-2H3,(H,18,21)(H2,19,20,22,23)/t9-/m1/s1. The average Bonchev–Trinajstić information content (AvgIpc) is 2.46. The highest BCUT2D eigenvalue weighted by molar-refractivity contribution is 7.71. The second-order valence-corrected chi connectivity index (χ2v) is 5.76. The molecule has 1 atom stereocenters. The van der Waals surface area contributed by atoms with Crippen molar-refractivity contribution in [1.29, 1.82) is 0 Å². The Kier molecular flexibility index (Phi) is 5.44. The summed E-state index contributed by atoms with van der Waals surface area (Å²) in [5, 5.41) is 2.83. The van der Waals surface area contributed by atoms with E-state index in [-0.39, 0.29) is 34.5 Å². The zero-order valence-electron chi connectivity index (χ0n) is 12.9. The van der Waals surface area contributed by atoms with E-state index in [1.54, 1.807) is 19.1 Å². The molecule has 0 saturated heterocycles. The van der Waals surface area contributed by atoms with Gasteiger partial charge in [0.15, 0.2) is 4.77 Å². The highest BCUT2D eigenvalue weighted by Crippen LogP contribution is 2.13. The SMILES string of the molecule is Cc1[nH]c(=S)[nH]c(=O)c1CCC(=O)N[C@H](C)c1ccc(F)cc1. The molecule has 1 aromatic heterocycles. The molecule has 7 heteroatoms. The summed E-state index contributed by atoms with van der Waals surface area (Å²) in [6.07, 6.45) is 0.495. The quantitative estimate of drug-likeness (QED) is 0.735. The Morgan fingerprint density at radius 1 is 1.30 bits per heavy atom. The van der Waals surface area contributed by atoms with Crippen molar-refractivity contribution < 1.29 is 9.18 Å². The van der Waals surface area contributed by atoms with Crippen molar-refractivity contribution in [3.8, 4) is 0 Å². The molecule has 1 amide bonds. The van der Waals surface area contributed by atoms with Gasteiger partial charge >= 0.3 is 0 Å². The fraction of sp³-hybridized carbons (Fsp3) is 0.312. The molecule has 0 fully saturated rings. The second kappa shape index (κ2) is 7.32. The molecule has 0 saturated carbocycles. The molecule has 0 unspecified atom stereocenters. The van der Waals surface area contributed by atoms with E-state index in [9.17, 15) is 14.0 Å². The van der Waals surface area contributed by atoms with E-state index in [0.29, 0.717) is 17.7 Å². The number of nitrogens with one attached hydrogen (secondary N) is 3. The van der Waals surface area contributed by atoms with Gasteiger partial charge in [-0.25, -0.2) is 4.39 Å². The number of hydrogen-bond donors (Lipinski definition) is 3. The minimum absolute atomic E-state index is 0.178. The van der Waals surface area contributed by atoms with Crippen LogP contribution in [0.5, 0.6) is 0 Å². The van der Waals surface area contributed by atoms with Crippen molar-refractivity contribution in [3.05, 3.63) is 62.0 Å². The van der Waals surface area contributed by atoms with Crippen molar-refractivity contribution in [1.82, 2.24) is 15.3 Å². The number of benzene rings is 1. The number of hydrogen-bond acceptors (Lipinski definition) is 3. The maximum Gasteiger partial charge on any atom is 0.255 e. The van der Waals surface area contributed by atoms with Crippen molar-refractivity contribution in [2.75, 3.05) is 0 Å². The monoisotopic (exact) mass is 335 g/mol. The lowest BCUT2D eigenvalue weighted by Crippen LogP contribution is -2.28. The van der Waals surface area contributed by atoms with E-state index in [1.807, 2.05) is 6.92 Å². The zero-order valence-corrected chi connectivity index (χ0v) is 13.7. The Labute approximate surface area is 138 Å². The van der Waals surface area contributed by atoms with E-state index < -0.39 is 0 Å².